The van der Waals surface area contributed by atoms with E-state index < -0.39 is 0 Å². The molecule has 0 atom stereocenters. The number of carbonyl (C=O) groups is 1. The first-order chi connectivity index (χ1) is 12.6. The van der Waals surface area contributed by atoms with Crippen LogP contribution < -0.4 is 5.32 Å². The molecule has 6 heteroatoms. The Kier molecular flexibility index (Phi) is 4.42. The molecule has 1 aromatic carbocycles. The number of anilines is 1. The maximum atomic E-state index is 12.8. The minimum Gasteiger partial charge on any atom is -0.306 e. The molecule has 1 fully saturated rings. The van der Waals surface area contributed by atoms with Gasteiger partial charge < -0.3 is 10.2 Å². The number of pyridine rings is 1. The van der Waals surface area contributed by atoms with Crippen molar-refractivity contribution in [3.63, 3.8) is 0 Å². The Balaban J connectivity index is 1.54. The summed E-state index contributed by atoms with van der Waals surface area (Å²) in [5, 5.41) is 8.46. The number of hydrogen-bond donors (Lipinski definition) is 1. The highest BCUT2D eigenvalue weighted by Crippen LogP contribution is 2.23. The van der Waals surface area contributed by atoms with Crippen LogP contribution in [0.1, 0.15) is 34.8 Å². The molecule has 0 saturated carbocycles. The Hall–Kier alpha value is -2.73. The Morgan fingerprint density at radius 1 is 1.23 bits per heavy atom. The average Bonchev–Trinajstić information content (AvgIpc) is 3.10. The lowest BCUT2D eigenvalue weighted by Gasteiger charge is -2.28. The zero-order chi connectivity index (χ0) is 18.1. The van der Waals surface area contributed by atoms with Gasteiger partial charge in [0.25, 0.3) is 5.91 Å². The van der Waals surface area contributed by atoms with E-state index in [4.69, 9.17) is 0 Å². The molecule has 0 radical (unpaired) electrons. The number of rotatable bonds is 3. The summed E-state index contributed by atoms with van der Waals surface area (Å²) in [6, 6.07) is 10.0. The predicted octanol–water partition coefficient (Wildman–Crippen LogP) is 3.26. The summed E-state index contributed by atoms with van der Waals surface area (Å²) in [5.41, 5.74) is 2.33. The van der Waals surface area contributed by atoms with E-state index in [1.54, 1.807) is 6.20 Å². The van der Waals surface area contributed by atoms with Crippen molar-refractivity contribution in [1.29, 1.82) is 0 Å². The summed E-state index contributed by atoms with van der Waals surface area (Å²) in [6.45, 7) is 4.14. The average molecular weight is 349 g/mol. The molecule has 1 N–H and O–H groups in total. The molecule has 4 rings (SSSR count). The van der Waals surface area contributed by atoms with Crippen LogP contribution in [-0.2, 0) is 0 Å². The summed E-state index contributed by atoms with van der Waals surface area (Å²) >= 11 is 0. The molecule has 1 amide bonds. The van der Waals surface area contributed by atoms with Crippen molar-refractivity contribution in [2.45, 2.75) is 25.8 Å². The van der Waals surface area contributed by atoms with Gasteiger partial charge in [-0.1, -0.05) is 6.07 Å². The number of nitrogens with one attached hydrogen (secondary N) is 1. The zero-order valence-corrected chi connectivity index (χ0v) is 15.1. The molecule has 6 nitrogen and oxygen atoms in total. The molecule has 1 saturated heterocycles. The molecular formula is C20H23N5O. The van der Waals surface area contributed by atoms with Gasteiger partial charge >= 0.3 is 0 Å². The third-order valence-corrected chi connectivity index (χ3v) is 5.01. The van der Waals surface area contributed by atoms with Gasteiger partial charge in [-0.25, -0.2) is 0 Å². The van der Waals surface area contributed by atoms with Gasteiger partial charge in [-0.2, -0.15) is 5.10 Å². The Morgan fingerprint density at radius 3 is 2.85 bits per heavy atom. The van der Waals surface area contributed by atoms with Crippen LogP contribution in [-0.4, -0.2) is 45.7 Å². The second-order valence-corrected chi connectivity index (χ2v) is 7.06. The van der Waals surface area contributed by atoms with E-state index in [2.05, 4.69) is 27.3 Å². The van der Waals surface area contributed by atoms with E-state index >= 15 is 0 Å². The van der Waals surface area contributed by atoms with Crippen molar-refractivity contribution in [3.05, 3.63) is 53.9 Å². The van der Waals surface area contributed by atoms with Crippen LogP contribution in [0.15, 0.2) is 42.7 Å². The molecule has 1 aliphatic heterocycles. The first-order valence-electron chi connectivity index (χ1n) is 9.00. The number of nitrogens with zero attached hydrogens (tertiary/aromatic N) is 4. The van der Waals surface area contributed by atoms with Crippen LogP contribution in [0.5, 0.6) is 0 Å². The number of fused-ring (bicyclic) bond motifs is 1. The van der Waals surface area contributed by atoms with Crippen LogP contribution in [0.4, 0.5) is 5.82 Å². The van der Waals surface area contributed by atoms with Crippen LogP contribution in [0.3, 0.4) is 0 Å². The summed E-state index contributed by atoms with van der Waals surface area (Å²) in [4.78, 5) is 19.5. The van der Waals surface area contributed by atoms with Gasteiger partial charge in [0.2, 0.25) is 0 Å². The number of aryl methyl sites for hydroxylation is 1. The van der Waals surface area contributed by atoms with E-state index in [1.807, 2.05) is 48.1 Å². The van der Waals surface area contributed by atoms with E-state index in [9.17, 15) is 4.79 Å². The summed E-state index contributed by atoms with van der Waals surface area (Å²) in [7, 11) is 2.14. The molecule has 134 valence electrons. The first-order valence-corrected chi connectivity index (χ1v) is 9.00. The monoisotopic (exact) mass is 349 g/mol. The Morgan fingerprint density at radius 2 is 2.04 bits per heavy atom. The highest BCUT2D eigenvalue weighted by Gasteiger charge is 2.20. The SMILES string of the molecule is Cc1cc(C(=O)Nc2ccn(C3CCN(C)CC3)n2)c2ncccc2c1. The largest absolute Gasteiger partial charge is 0.306 e. The number of aromatic nitrogens is 3. The lowest BCUT2D eigenvalue weighted by atomic mass is 10.1. The van der Waals surface area contributed by atoms with Crippen molar-refractivity contribution in [1.82, 2.24) is 19.7 Å². The summed E-state index contributed by atoms with van der Waals surface area (Å²) < 4.78 is 1.98. The van der Waals surface area contributed by atoms with Gasteiger partial charge in [0, 0.05) is 23.8 Å². The molecule has 0 unspecified atom stereocenters. The maximum absolute atomic E-state index is 12.8. The predicted molar refractivity (Wildman–Crippen MR) is 102 cm³/mol. The topological polar surface area (TPSA) is 63.1 Å². The van der Waals surface area contributed by atoms with E-state index in [0.717, 1.165) is 36.9 Å². The molecule has 0 bridgehead atoms. The fourth-order valence-electron chi connectivity index (χ4n) is 3.57. The number of piperidine rings is 1. The Bertz CT molecular complexity index is 940. The summed E-state index contributed by atoms with van der Waals surface area (Å²) in [6.07, 6.45) is 5.83. The molecule has 0 spiro atoms. The van der Waals surface area contributed by atoms with Gasteiger partial charge in [0.15, 0.2) is 5.82 Å². The fourth-order valence-corrected chi connectivity index (χ4v) is 3.57. The number of likely N-dealkylation sites (tertiary alicyclic amines) is 1. The lowest BCUT2D eigenvalue weighted by Crippen LogP contribution is -2.31. The van der Waals surface area contributed by atoms with E-state index in [0.29, 0.717) is 22.9 Å². The quantitative estimate of drug-likeness (QED) is 0.788. The van der Waals surface area contributed by atoms with Gasteiger partial charge in [-0.05, 0) is 63.7 Å². The van der Waals surface area contributed by atoms with Crippen molar-refractivity contribution >= 4 is 22.6 Å². The van der Waals surface area contributed by atoms with Crippen molar-refractivity contribution in [3.8, 4) is 0 Å². The number of amides is 1. The third kappa shape index (κ3) is 3.32. The van der Waals surface area contributed by atoms with Crippen LogP contribution in [0.2, 0.25) is 0 Å². The number of carbonyl (C=O) groups excluding carboxylic acids is 1. The van der Waals surface area contributed by atoms with E-state index in [-0.39, 0.29) is 5.91 Å². The Labute approximate surface area is 152 Å². The molecule has 2 aromatic heterocycles. The smallest absolute Gasteiger partial charge is 0.259 e. The normalized spacial score (nSPS) is 16.1. The van der Waals surface area contributed by atoms with Crippen LogP contribution in [0, 0.1) is 6.92 Å². The fraction of sp³-hybridized carbons (Fsp3) is 0.350. The molecule has 3 aromatic rings. The van der Waals surface area contributed by atoms with Gasteiger partial charge in [-0.3, -0.25) is 14.5 Å². The molecular weight excluding hydrogens is 326 g/mol. The van der Waals surface area contributed by atoms with Gasteiger partial charge in [-0.15, -0.1) is 0 Å². The third-order valence-electron chi connectivity index (χ3n) is 5.01. The summed E-state index contributed by atoms with van der Waals surface area (Å²) in [5.74, 6) is 0.408. The first kappa shape index (κ1) is 16.7. The highest BCUT2D eigenvalue weighted by molar-refractivity contribution is 6.11. The second-order valence-electron chi connectivity index (χ2n) is 7.06. The highest BCUT2D eigenvalue weighted by atomic mass is 16.1. The second kappa shape index (κ2) is 6.88. The van der Waals surface area contributed by atoms with Crippen LogP contribution in [0.25, 0.3) is 10.9 Å². The van der Waals surface area contributed by atoms with Crippen LogP contribution >= 0.6 is 0 Å². The number of hydrogen-bond acceptors (Lipinski definition) is 4. The van der Waals surface area contributed by atoms with Gasteiger partial charge in [0.05, 0.1) is 17.1 Å². The molecule has 26 heavy (non-hydrogen) atoms. The molecule has 0 aliphatic carbocycles. The zero-order valence-electron chi connectivity index (χ0n) is 15.1. The van der Waals surface area contributed by atoms with Crippen molar-refractivity contribution in [2.24, 2.45) is 0 Å². The van der Waals surface area contributed by atoms with E-state index in [1.165, 1.54) is 0 Å². The standard InChI is InChI=1S/C20H23N5O/c1-14-12-15-4-3-8-21-19(15)17(13-14)20(26)22-18-7-11-25(23-18)16-5-9-24(2)10-6-16/h3-4,7-8,11-13,16H,5-6,9-10H2,1-2H3,(H,22,23,26). The number of benzene rings is 1. The molecule has 1 aliphatic rings. The van der Waals surface area contributed by atoms with Crippen molar-refractivity contribution in [2.75, 3.05) is 25.5 Å². The van der Waals surface area contributed by atoms with Gasteiger partial charge in [0.1, 0.15) is 0 Å². The lowest BCUT2D eigenvalue weighted by molar-refractivity contribution is 0.102. The minimum atomic E-state index is -0.175. The van der Waals surface area contributed by atoms with Crippen molar-refractivity contribution < 1.29 is 4.79 Å². The maximum Gasteiger partial charge on any atom is 0.259 e. The molecule has 3 heterocycles. The minimum absolute atomic E-state index is 0.175.